The van der Waals surface area contributed by atoms with Crippen LogP contribution in [0.2, 0.25) is 0 Å². The van der Waals surface area contributed by atoms with Gasteiger partial charge in [-0.15, -0.1) is 11.8 Å². The molecule has 0 aromatic rings. The van der Waals surface area contributed by atoms with Crippen molar-refractivity contribution in [3.8, 4) is 0 Å². The third kappa shape index (κ3) is 3.69. The van der Waals surface area contributed by atoms with Gasteiger partial charge < -0.3 is 19.1 Å². The monoisotopic (exact) mass is 343 g/mol. The molecule has 0 aliphatic carbocycles. The van der Waals surface area contributed by atoms with Crippen LogP contribution in [-0.4, -0.2) is 59.6 Å². The van der Waals surface area contributed by atoms with Crippen LogP contribution in [0.3, 0.4) is 0 Å². The quantitative estimate of drug-likeness (QED) is 0.558. The number of hydrogen-bond donors (Lipinski definition) is 0. The molecule has 0 aromatic heterocycles. The van der Waals surface area contributed by atoms with Crippen LogP contribution < -0.4 is 0 Å². The third-order valence-electron chi connectivity index (χ3n) is 3.35. The average molecular weight is 343 g/mol. The summed E-state index contributed by atoms with van der Waals surface area (Å²) in [7, 11) is 1.46. The summed E-state index contributed by atoms with van der Waals surface area (Å²) >= 11 is 1.37. The van der Waals surface area contributed by atoms with Crippen molar-refractivity contribution in [2.45, 2.75) is 50.8 Å². The van der Waals surface area contributed by atoms with Crippen molar-refractivity contribution in [1.82, 2.24) is 4.90 Å². The van der Waals surface area contributed by atoms with Crippen molar-refractivity contribution in [1.29, 1.82) is 0 Å². The molecule has 1 saturated heterocycles. The van der Waals surface area contributed by atoms with Crippen LogP contribution in [0, 0.1) is 0 Å². The molecule has 0 saturated carbocycles. The molecule has 0 radical (unpaired) electrons. The molecular weight excluding hydrogens is 322 g/mol. The maximum absolute atomic E-state index is 12.6. The largest absolute Gasteiger partial charge is 0.461 e. The molecule has 128 valence electrons. The number of carbonyl (C=O) groups excluding carboxylic acids is 3. The molecule has 0 bridgehead atoms. The molecule has 2 aliphatic heterocycles. The molecular formula is C15H21NO6S. The van der Waals surface area contributed by atoms with E-state index in [1.807, 2.05) is 0 Å². The molecule has 2 rings (SSSR count). The zero-order valence-corrected chi connectivity index (χ0v) is 14.6. The second-order valence-electron chi connectivity index (χ2n) is 6.34. The number of fused-ring (bicyclic) bond motifs is 1. The van der Waals surface area contributed by atoms with Crippen molar-refractivity contribution in [2.24, 2.45) is 0 Å². The molecule has 0 aromatic carbocycles. The Labute approximate surface area is 139 Å². The molecule has 7 nitrogen and oxygen atoms in total. The molecule has 2 aliphatic rings. The molecule has 2 unspecified atom stereocenters. The van der Waals surface area contributed by atoms with Crippen molar-refractivity contribution in [3.63, 3.8) is 0 Å². The predicted octanol–water partition coefficient (Wildman–Crippen LogP) is 1.07. The molecule has 23 heavy (non-hydrogen) atoms. The number of nitrogens with zero attached hydrogens (tertiary/aromatic N) is 1. The van der Waals surface area contributed by atoms with Gasteiger partial charge in [-0.2, -0.15) is 0 Å². The number of esters is 2. The minimum absolute atomic E-state index is 0.0552. The van der Waals surface area contributed by atoms with E-state index in [0.717, 1.165) is 0 Å². The van der Waals surface area contributed by atoms with E-state index in [9.17, 15) is 14.4 Å². The zero-order chi connectivity index (χ0) is 17.4. The van der Waals surface area contributed by atoms with E-state index in [2.05, 4.69) is 0 Å². The smallest absolute Gasteiger partial charge is 0.333 e. The van der Waals surface area contributed by atoms with Crippen LogP contribution in [0.15, 0.2) is 11.0 Å². The maximum Gasteiger partial charge on any atom is 0.333 e. The van der Waals surface area contributed by atoms with Crippen molar-refractivity contribution in [3.05, 3.63) is 11.0 Å². The van der Waals surface area contributed by atoms with Gasteiger partial charge in [0.25, 0.3) is 5.91 Å². The summed E-state index contributed by atoms with van der Waals surface area (Å²) in [6.07, 6.45) is -0.573. The summed E-state index contributed by atoms with van der Waals surface area (Å²) in [5.41, 5.74) is -0.156. The predicted molar refractivity (Wildman–Crippen MR) is 83.4 cm³/mol. The number of carbonyl (C=O) groups is 3. The lowest BCUT2D eigenvalue weighted by atomic mass is 9.99. The third-order valence-corrected chi connectivity index (χ3v) is 4.54. The molecule has 1 fully saturated rings. The number of thioether (sulfide) groups is 1. The van der Waals surface area contributed by atoms with Crippen LogP contribution in [0.4, 0.5) is 0 Å². The first-order chi connectivity index (χ1) is 10.7. The van der Waals surface area contributed by atoms with Gasteiger partial charge in [0.05, 0.1) is 0 Å². The summed E-state index contributed by atoms with van der Waals surface area (Å²) in [4.78, 5) is 37.3. The molecule has 0 spiro atoms. The Morgan fingerprint density at radius 2 is 2.00 bits per heavy atom. The Morgan fingerprint density at radius 1 is 1.35 bits per heavy atom. The van der Waals surface area contributed by atoms with Gasteiger partial charge in [0, 0.05) is 19.6 Å². The fourth-order valence-corrected chi connectivity index (χ4v) is 3.65. The normalized spacial score (nSPS) is 26.8. The van der Waals surface area contributed by atoms with Crippen LogP contribution in [0.5, 0.6) is 0 Å². The minimum atomic E-state index is -0.890. The number of rotatable bonds is 4. The van der Waals surface area contributed by atoms with Crippen molar-refractivity contribution < 1.29 is 28.6 Å². The first-order valence-electron chi connectivity index (χ1n) is 7.21. The van der Waals surface area contributed by atoms with Crippen LogP contribution >= 0.6 is 11.8 Å². The van der Waals surface area contributed by atoms with Gasteiger partial charge in [-0.05, 0) is 26.2 Å². The Bertz CT molecular complexity index is 553. The van der Waals surface area contributed by atoms with Gasteiger partial charge in [-0.3, -0.25) is 9.59 Å². The Hall–Kier alpha value is -1.54. The molecule has 1 amide bonds. The average Bonchev–Trinajstić information content (AvgIpc) is 2.42. The minimum Gasteiger partial charge on any atom is -0.461 e. The zero-order valence-electron chi connectivity index (χ0n) is 13.8. The summed E-state index contributed by atoms with van der Waals surface area (Å²) in [5, 5.41) is 1.48. The second kappa shape index (κ2) is 6.52. The van der Waals surface area contributed by atoms with Crippen LogP contribution in [0.25, 0.3) is 0 Å². The Balaban J connectivity index is 2.24. The number of β-lactam (4-membered cyclic amide) rings is 1. The van der Waals surface area contributed by atoms with Gasteiger partial charge in [0.2, 0.25) is 0 Å². The summed E-state index contributed by atoms with van der Waals surface area (Å²) in [6, 6.07) is -0.890. The highest BCUT2D eigenvalue weighted by Gasteiger charge is 2.56. The number of hydrogen-bond acceptors (Lipinski definition) is 7. The molecule has 0 N–H and O–H groups in total. The van der Waals surface area contributed by atoms with Gasteiger partial charge in [0.15, 0.2) is 12.1 Å². The van der Waals surface area contributed by atoms with E-state index in [4.69, 9.17) is 14.2 Å². The molecule has 2 heterocycles. The first kappa shape index (κ1) is 17.8. The van der Waals surface area contributed by atoms with Gasteiger partial charge in [-0.1, -0.05) is 0 Å². The summed E-state index contributed by atoms with van der Waals surface area (Å²) in [6.45, 7) is 6.50. The van der Waals surface area contributed by atoms with E-state index in [1.165, 1.54) is 30.7 Å². The second-order valence-corrected chi connectivity index (χ2v) is 7.33. The highest BCUT2D eigenvalue weighted by Crippen LogP contribution is 2.41. The van der Waals surface area contributed by atoms with Crippen LogP contribution in [-0.2, 0) is 28.6 Å². The molecule has 3 atom stereocenters. The lowest BCUT2D eigenvalue weighted by Gasteiger charge is -2.51. The highest BCUT2D eigenvalue weighted by atomic mass is 32.2. The first-order valence-corrected chi connectivity index (χ1v) is 8.15. The van der Waals surface area contributed by atoms with Crippen molar-refractivity contribution in [2.75, 3.05) is 13.7 Å². The highest BCUT2D eigenvalue weighted by molar-refractivity contribution is 8.02. The van der Waals surface area contributed by atoms with E-state index in [0.29, 0.717) is 5.57 Å². The molecule has 8 heteroatoms. The SMILES string of the molecule is CO[C@H]1C(=O)N2C(C(=O)OC(C)(C)C)C(COC(C)=O)=CSC12. The van der Waals surface area contributed by atoms with Gasteiger partial charge in [-0.25, -0.2) is 4.79 Å². The fourth-order valence-electron chi connectivity index (χ4n) is 2.41. The fraction of sp³-hybridized carbons (Fsp3) is 0.667. The standard InChI is InChI=1S/C15H21NO6S/c1-8(17)21-6-9-7-23-13-11(20-5)12(18)16(13)10(9)14(19)22-15(2,3)4/h7,10-11,13H,6H2,1-5H3/t10?,11-,13?/m0/s1. The van der Waals surface area contributed by atoms with E-state index < -0.39 is 29.7 Å². The maximum atomic E-state index is 12.6. The van der Waals surface area contributed by atoms with E-state index >= 15 is 0 Å². The number of amides is 1. The lowest BCUT2D eigenvalue weighted by molar-refractivity contribution is -0.179. The van der Waals surface area contributed by atoms with Crippen LogP contribution in [0.1, 0.15) is 27.7 Å². The van der Waals surface area contributed by atoms with E-state index in [1.54, 1.807) is 26.2 Å². The lowest BCUT2D eigenvalue weighted by Crippen LogP contribution is -2.70. The topological polar surface area (TPSA) is 82.1 Å². The number of ether oxygens (including phenoxy) is 3. The van der Waals surface area contributed by atoms with Crippen molar-refractivity contribution >= 4 is 29.6 Å². The van der Waals surface area contributed by atoms with Gasteiger partial charge in [0.1, 0.15) is 17.6 Å². The van der Waals surface area contributed by atoms with E-state index in [-0.39, 0.29) is 17.9 Å². The van der Waals surface area contributed by atoms with Gasteiger partial charge >= 0.3 is 11.9 Å². The summed E-state index contributed by atoms with van der Waals surface area (Å²) < 4.78 is 15.6. The number of methoxy groups -OCH3 is 1. The Kier molecular flexibility index (Phi) is 5.05. The summed E-state index contributed by atoms with van der Waals surface area (Å²) in [5.74, 6) is -1.26. The Morgan fingerprint density at radius 3 is 2.52 bits per heavy atom.